The minimum Gasteiger partial charge on any atom is -0.378 e. The molecule has 3 unspecified atom stereocenters. The number of hydrogen-bond donors (Lipinski definition) is 1. The molecule has 0 aromatic carbocycles. The zero-order chi connectivity index (χ0) is 14.2. The lowest BCUT2D eigenvalue weighted by atomic mass is 9.64. The fraction of sp³-hybridized carbons (Fsp3) is 0.714. The number of halogens is 2. The molecule has 1 heterocycles. The van der Waals surface area contributed by atoms with Gasteiger partial charge >= 0.3 is 0 Å². The van der Waals surface area contributed by atoms with E-state index in [1.165, 1.54) is 11.3 Å². The third kappa shape index (κ3) is 3.11. The largest absolute Gasteiger partial charge is 0.378 e. The Labute approximate surface area is 129 Å². The fourth-order valence-electron chi connectivity index (χ4n) is 2.69. The first kappa shape index (κ1) is 15.6. The summed E-state index contributed by atoms with van der Waals surface area (Å²) in [4.78, 5) is 0. The van der Waals surface area contributed by atoms with Gasteiger partial charge in [-0.15, -0.1) is 11.3 Å². The Kier molecular flexibility index (Phi) is 4.84. The Balaban J connectivity index is 1.97. The summed E-state index contributed by atoms with van der Waals surface area (Å²) in [5, 5.41) is 3.65. The molecular weight excluding hydrogens is 301 g/mol. The SMILES string of the molecule is CCOC1CC(NC(C)c2cc(Cl)sc2Cl)C1(C)C. The third-order valence-corrected chi connectivity index (χ3v) is 5.66. The molecule has 1 aromatic heterocycles. The standard InChI is InChI=1S/C14H21Cl2NOS/c1-5-18-11-7-10(14(11,3)4)17-8(2)9-6-12(15)19-13(9)16/h6,8,10-11,17H,5,7H2,1-4H3. The second-order valence-electron chi connectivity index (χ2n) is 5.72. The minimum absolute atomic E-state index is 0.163. The van der Waals surface area contributed by atoms with E-state index in [0.29, 0.717) is 12.1 Å². The quantitative estimate of drug-likeness (QED) is 0.832. The maximum absolute atomic E-state index is 6.20. The van der Waals surface area contributed by atoms with Crippen LogP contribution in [0.4, 0.5) is 0 Å². The number of hydrogen-bond acceptors (Lipinski definition) is 3. The summed E-state index contributed by atoms with van der Waals surface area (Å²) in [6.45, 7) is 9.47. The zero-order valence-corrected chi connectivity index (χ0v) is 14.1. The van der Waals surface area contributed by atoms with Crippen molar-refractivity contribution in [3.05, 3.63) is 20.3 Å². The van der Waals surface area contributed by atoms with Crippen LogP contribution in [-0.2, 0) is 4.74 Å². The van der Waals surface area contributed by atoms with Crippen LogP contribution in [0.1, 0.15) is 45.7 Å². The van der Waals surface area contributed by atoms with Gasteiger partial charge < -0.3 is 10.1 Å². The highest BCUT2D eigenvalue weighted by molar-refractivity contribution is 7.20. The molecule has 1 saturated carbocycles. The molecule has 2 nitrogen and oxygen atoms in total. The van der Waals surface area contributed by atoms with Crippen molar-refractivity contribution in [1.29, 1.82) is 0 Å². The van der Waals surface area contributed by atoms with E-state index < -0.39 is 0 Å². The van der Waals surface area contributed by atoms with Crippen molar-refractivity contribution in [2.24, 2.45) is 5.41 Å². The molecule has 1 N–H and O–H groups in total. The summed E-state index contributed by atoms with van der Waals surface area (Å²) < 4.78 is 7.28. The van der Waals surface area contributed by atoms with Gasteiger partial charge in [-0.1, -0.05) is 37.0 Å². The van der Waals surface area contributed by atoms with Crippen LogP contribution in [0.2, 0.25) is 8.67 Å². The van der Waals surface area contributed by atoms with Crippen LogP contribution < -0.4 is 5.32 Å². The molecule has 3 atom stereocenters. The van der Waals surface area contributed by atoms with E-state index in [4.69, 9.17) is 27.9 Å². The summed E-state index contributed by atoms with van der Waals surface area (Å²) in [5.74, 6) is 0. The summed E-state index contributed by atoms with van der Waals surface area (Å²) in [5.41, 5.74) is 1.25. The van der Waals surface area contributed by atoms with E-state index in [9.17, 15) is 0 Å². The normalized spacial score (nSPS) is 27.1. The molecule has 19 heavy (non-hydrogen) atoms. The summed E-state index contributed by atoms with van der Waals surface area (Å²) in [6, 6.07) is 2.62. The fourth-order valence-corrected chi connectivity index (χ4v) is 4.34. The third-order valence-electron chi connectivity index (χ3n) is 4.15. The average molecular weight is 322 g/mol. The van der Waals surface area contributed by atoms with Crippen LogP contribution in [0.5, 0.6) is 0 Å². The molecule has 1 aliphatic rings. The Bertz CT molecular complexity index is 447. The van der Waals surface area contributed by atoms with Crippen molar-refractivity contribution in [2.45, 2.75) is 52.3 Å². The molecule has 0 radical (unpaired) electrons. The second-order valence-corrected chi connectivity index (χ2v) is 8.01. The van der Waals surface area contributed by atoms with Gasteiger partial charge in [0, 0.05) is 24.1 Å². The number of ether oxygens (including phenoxy) is 1. The van der Waals surface area contributed by atoms with Crippen molar-refractivity contribution in [1.82, 2.24) is 5.32 Å². The van der Waals surface area contributed by atoms with Gasteiger partial charge in [-0.3, -0.25) is 0 Å². The van der Waals surface area contributed by atoms with E-state index in [1.54, 1.807) is 0 Å². The van der Waals surface area contributed by atoms with Gasteiger partial charge in [-0.2, -0.15) is 0 Å². The first-order chi connectivity index (χ1) is 8.86. The second kappa shape index (κ2) is 5.90. The Morgan fingerprint density at radius 2 is 2.21 bits per heavy atom. The van der Waals surface area contributed by atoms with Crippen LogP contribution >= 0.6 is 34.5 Å². The van der Waals surface area contributed by atoms with Crippen LogP contribution in [0.3, 0.4) is 0 Å². The lowest BCUT2D eigenvalue weighted by Crippen LogP contribution is -2.61. The molecule has 0 bridgehead atoms. The zero-order valence-electron chi connectivity index (χ0n) is 11.8. The van der Waals surface area contributed by atoms with Crippen molar-refractivity contribution < 1.29 is 4.74 Å². The van der Waals surface area contributed by atoms with E-state index in [2.05, 4.69) is 26.1 Å². The van der Waals surface area contributed by atoms with Gasteiger partial charge in [0.15, 0.2) is 0 Å². The molecule has 0 saturated heterocycles. The maximum atomic E-state index is 6.20. The molecule has 108 valence electrons. The molecule has 1 fully saturated rings. The Morgan fingerprint density at radius 3 is 2.68 bits per heavy atom. The van der Waals surface area contributed by atoms with Crippen molar-refractivity contribution >= 4 is 34.5 Å². The van der Waals surface area contributed by atoms with E-state index in [0.717, 1.165) is 27.3 Å². The van der Waals surface area contributed by atoms with Crippen LogP contribution in [0, 0.1) is 5.41 Å². The Hall–Kier alpha value is 0.200. The lowest BCUT2D eigenvalue weighted by Gasteiger charge is -2.52. The van der Waals surface area contributed by atoms with Crippen LogP contribution in [-0.4, -0.2) is 18.8 Å². The molecule has 0 aliphatic heterocycles. The van der Waals surface area contributed by atoms with Gasteiger partial charge in [0.05, 0.1) is 14.8 Å². The molecule has 2 rings (SSSR count). The average Bonchev–Trinajstić information content (AvgIpc) is 2.67. The predicted octanol–water partition coefficient (Wildman–Crippen LogP) is 4.91. The van der Waals surface area contributed by atoms with Gasteiger partial charge in [0.25, 0.3) is 0 Å². The molecule has 1 aromatic rings. The molecule has 5 heteroatoms. The number of thiophene rings is 1. The molecule has 0 amide bonds. The summed E-state index contributed by atoms with van der Waals surface area (Å²) in [7, 11) is 0. The highest BCUT2D eigenvalue weighted by Crippen LogP contribution is 2.44. The van der Waals surface area contributed by atoms with Gasteiger partial charge in [-0.05, 0) is 31.9 Å². The maximum Gasteiger partial charge on any atom is 0.0991 e. The highest BCUT2D eigenvalue weighted by atomic mass is 35.5. The summed E-state index contributed by atoms with van der Waals surface area (Å²) in [6.07, 6.45) is 1.41. The highest BCUT2D eigenvalue weighted by Gasteiger charge is 2.49. The number of rotatable bonds is 5. The first-order valence-corrected chi connectivity index (χ1v) is 8.25. The molecule has 1 aliphatic carbocycles. The monoisotopic (exact) mass is 321 g/mol. The topological polar surface area (TPSA) is 21.3 Å². The Morgan fingerprint density at radius 1 is 1.53 bits per heavy atom. The van der Waals surface area contributed by atoms with Gasteiger partial charge in [0.1, 0.15) is 0 Å². The smallest absolute Gasteiger partial charge is 0.0991 e. The molecule has 0 spiro atoms. The van der Waals surface area contributed by atoms with E-state index in [-0.39, 0.29) is 11.5 Å². The predicted molar refractivity (Wildman–Crippen MR) is 83.5 cm³/mol. The van der Waals surface area contributed by atoms with Gasteiger partial charge in [-0.25, -0.2) is 0 Å². The van der Waals surface area contributed by atoms with Crippen molar-refractivity contribution in [3.63, 3.8) is 0 Å². The van der Waals surface area contributed by atoms with Crippen molar-refractivity contribution in [3.8, 4) is 0 Å². The summed E-state index contributed by atoms with van der Waals surface area (Å²) >= 11 is 13.6. The molecular formula is C14H21Cl2NOS. The number of nitrogens with one attached hydrogen (secondary N) is 1. The minimum atomic E-state index is 0.163. The van der Waals surface area contributed by atoms with Gasteiger partial charge in [0.2, 0.25) is 0 Å². The van der Waals surface area contributed by atoms with Crippen molar-refractivity contribution in [2.75, 3.05) is 6.61 Å². The first-order valence-electron chi connectivity index (χ1n) is 6.68. The van der Waals surface area contributed by atoms with Crippen LogP contribution in [0.15, 0.2) is 6.07 Å². The van der Waals surface area contributed by atoms with E-state index in [1.807, 2.05) is 13.0 Å². The van der Waals surface area contributed by atoms with E-state index >= 15 is 0 Å². The van der Waals surface area contributed by atoms with Crippen LogP contribution in [0.25, 0.3) is 0 Å². The lowest BCUT2D eigenvalue weighted by molar-refractivity contribution is -0.116.